The van der Waals surface area contributed by atoms with E-state index in [9.17, 15) is 4.79 Å². The highest BCUT2D eigenvalue weighted by atomic mass is 16.7. The average Bonchev–Trinajstić information content (AvgIpc) is 3.19. The number of benzene rings is 1. The van der Waals surface area contributed by atoms with E-state index in [2.05, 4.69) is 5.16 Å². The number of oxime groups is 1. The van der Waals surface area contributed by atoms with Crippen molar-refractivity contribution in [2.75, 3.05) is 0 Å². The lowest BCUT2D eigenvalue weighted by atomic mass is 10.1. The molecule has 0 unspecified atom stereocenters. The molecule has 0 radical (unpaired) electrons. The van der Waals surface area contributed by atoms with Crippen LogP contribution in [0, 0.1) is 0 Å². The van der Waals surface area contributed by atoms with Gasteiger partial charge in [0, 0.05) is 29.6 Å². The third-order valence-corrected chi connectivity index (χ3v) is 3.42. The van der Waals surface area contributed by atoms with Crippen LogP contribution < -0.4 is 0 Å². The smallest absolute Gasteiger partial charge is 0.334 e. The molecule has 0 saturated heterocycles. The standard InChI is InChI=1S/C17H16N2O3/c1-3-17(20)22-18-12(2)14-11-19(16-9-6-10-21-16)15-8-5-4-7-13(14)15/h4-11H,3H2,1-2H3/b18-12+. The molecule has 5 nitrogen and oxygen atoms in total. The Labute approximate surface area is 127 Å². The molecule has 0 amide bonds. The van der Waals surface area contributed by atoms with Gasteiger partial charge in [0.05, 0.1) is 17.5 Å². The number of carbonyl (C=O) groups is 1. The largest absolute Gasteiger partial charge is 0.448 e. The Morgan fingerprint density at radius 3 is 2.82 bits per heavy atom. The van der Waals surface area contributed by atoms with E-state index < -0.39 is 0 Å². The Kier molecular flexibility index (Phi) is 3.78. The monoisotopic (exact) mass is 296 g/mol. The SMILES string of the molecule is CCC(=O)O/N=C(\C)c1cn(-c2ccco2)c2ccccc12. The number of para-hydroxylation sites is 1. The van der Waals surface area contributed by atoms with Gasteiger partial charge in [0.2, 0.25) is 5.88 Å². The number of hydrogen-bond donors (Lipinski definition) is 0. The van der Waals surface area contributed by atoms with E-state index in [1.165, 1.54) is 0 Å². The van der Waals surface area contributed by atoms with Crippen LogP contribution in [-0.2, 0) is 9.63 Å². The van der Waals surface area contributed by atoms with Crippen LogP contribution in [0.4, 0.5) is 0 Å². The van der Waals surface area contributed by atoms with Gasteiger partial charge < -0.3 is 9.25 Å². The molecule has 0 aliphatic carbocycles. The minimum atomic E-state index is -0.353. The van der Waals surface area contributed by atoms with Crippen molar-refractivity contribution in [1.82, 2.24) is 4.57 Å². The normalized spacial score (nSPS) is 11.8. The molecular weight excluding hydrogens is 280 g/mol. The number of carbonyl (C=O) groups excluding carboxylic acids is 1. The second-order valence-corrected chi connectivity index (χ2v) is 4.87. The first-order valence-electron chi connectivity index (χ1n) is 7.09. The summed E-state index contributed by atoms with van der Waals surface area (Å²) in [7, 11) is 0. The van der Waals surface area contributed by atoms with Crippen LogP contribution in [0.3, 0.4) is 0 Å². The topological polar surface area (TPSA) is 56.7 Å². The predicted molar refractivity (Wildman–Crippen MR) is 84.1 cm³/mol. The van der Waals surface area contributed by atoms with Crippen LogP contribution >= 0.6 is 0 Å². The van der Waals surface area contributed by atoms with Crippen molar-refractivity contribution in [3.05, 3.63) is 54.4 Å². The molecule has 3 rings (SSSR count). The van der Waals surface area contributed by atoms with E-state index in [-0.39, 0.29) is 5.97 Å². The Hall–Kier alpha value is -2.82. The third-order valence-electron chi connectivity index (χ3n) is 3.42. The number of rotatable bonds is 4. The van der Waals surface area contributed by atoms with Gasteiger partial charge in [-0.1, -0.05) is 30.3 Å². The average molecular weight is 296 g/mol. The fraction of sp³-hybridized carbons (Fsp3) is 0.176. The molecular formula is C17H16N2O3. The first-order valence-corrected chi connectivity index (χ1v) is 7.09. The second kappa shape index (κ2) is 5.89. The highest BCUT2D eigenvalue weighted by Gasteiger charge is 2.13. The summed E-state index contributed by atoms with van der Waals surface area (Å²) in [5, 5.41) is 4.95. The number of hydrogen-bond acceptors (Lipinski definition) is 4. The van der Waals surface area contributed by atoms with Crippen molar-refractivity contribution in [1.29, 1.82) is 0 Å². The number of aromatic nitrogens is 1. The van der Waals surface area contributed by atoms with Gasteiger partial charge in [0.25, 0.3) is 0 Å². The molecule has 22 heavy (non-hydrogen) atoms. The Morgan fingerprint density at radius 2 is 2.09 bits per heavy atom. The minimum Gasteiger partial charge on any atom is -0.448 e. The van der Waals surface area contributed by atoms with Gasteiger partial charge in [-0.05, 0) is 19.1 Å². The maximum atomic E-state index is 11.3. The van der Waals surface area contributed by atoms with Gasteiger partial charge in [-0.25, -0.2) is 4.79 Å². The van der Waals surface area contributed by atoms with Gasteiger partial charge in [-0.3, -0.25) is 4.57 Å². The summed E-state index contributed by atoms with van der Waals surface area (Å²) in [6.45, 7) is 3.55. The molecule has 3 aromatic rings. The molecule has 0 spiro atoms. The van der Waals surface area contributed by atoms with Gasteiger partial charge >= 0.3 is 5.97 Å². The van der Waals surface area contributed by atoms with Crippen LogP contribution in [0.2, 0.25) is 0 Å². The maximum absolute atomic E-state index is 11.3. The van der Waals surface area contributed by atoms with Crippen molar-refractivity contribution >= 4 is 22.6 Å². The van der Waals surface area contributed by atoms with Crippen molar-refractivity contribution in [2.45, 2.75) is 20.3 Å². The zero-order valence-electron chi connectivity index (χ0n) is 12.4. The van der Waals surface area contributed by atoms with Crippen LogP contribution in [0.15, 0.2) is 58.4 Å². The summed E-state index contributed by atoms with van der Waals surface area (Å²) in [6.07, 6.45) is 3.86. The first-order chi connectivity index (χ1) is 10.7. The van der Waals surface area contributed by atoms with Crippen LogP contribution in [0.5, 0.6) is 0 Å². The Balaban J connectivity index is 2.09. The van der Waals surface area contributed by atoms with E-state index >= 15 is 0 Å². The lowest BCUT2D eigenvalue weighted by Crippen LogP contribution is -2.01. The molecule has 0 aliphatic rings. The summed E-state index contributed by atoms with van der Waals surface area (Å²) in [4.78, 5) is 16.1. The molecule has 112 valence electrons. The molecule has 0 aliphatic heterocycles. The number of furan rings is 1. The van der Waals surface area contributed by atoms with Crippen LogP contribution in [0.25, 0.3) is 16.8 Å². The van der Waals surface area contributed by atoms with Crippen LogP contribution in [-0.4, -0.2) is 16.2 Å². The highest BCUT2D eigenvalue weighted by Crippen LogP contribution is 2.25. The minimum absolute atomic E-state index is 0.297. The molecule has 2 heterocycles. The lowest BCUT2D eigenvalue weighted by Gasteiger charge is -1.99. The Morgan fingerprint density at radius 1 is 1.27 bits per heavy atom. The summed E-state index contributed by atoms with van der Waals surface area (Å²) in [5.74, 6) is 0.370. The van der Waals surface area contributed by atoms with Crippen molar-refractivity contribution in [3.8, 4) is 5.88 Å². The predicted octanol–water partition coefficient (Wildman–Crippen LogP) is 3.90. The highest BCUT2D eigenvalue weighted by molar-refractivity contribution is 6.10. The summed E-state index contributed by atoms with van der Waals surface area (Å²) in [5.41, 5.74) is 2.54. The zero-order valence-corrected chi connectivity index (χ0v) is 12.4. The molecule has 0 atom stereocenters. The van der Waals surface area contributed by atoms with Gasteiger partial charge in [-0.15, -0.1) is 0 Å². The zero-order chi connectivity index (χ0) is 15.5. The molecule has 0 N–H and O–H groups in total. The summed E-state index contributed by atoms with van der Waals surface area (Å²) < 4.78 is 7.42. The quantitative estimate of drug-likeness (QED) is 0.417. The van der Waals surface area contributed by atoms with E-state index in [0.717, 1.165) is 22.4 Å². The number of nitrogens with zero attached hydrogens (tertiary/aromatic N) is 2. The Bertz CT molecular complexity index is 829. The molecule has 0 saturated carbocycles. The van der Waals surface area contributed by atoms with Crippen molar-refractivity contribution in [2.24, 2.45) is 5.16 Å². The van der Waals surface area contributed by atoms with Gasteiger partial charge in [-0.2, -0.15) is 0 Å². The van der Waals surface area contributed by atoms with E-state index in [1.807, 2.05) is 54.1 Å². The molecule has 0 fully saturated rings. The van der Waals surface area contributed by atoms with E-state index in [1.54, 1.807) is 13.2 Å². The fourth-order valence-electron chi connectivity index (χ4n) is 2.29. The fourth-order valence-corrected chi connectivity index (χ4v) is 2.29. The van der Waals surface area contributed by atoms with E-state index in [4.69, 9.17) is 9.25 Å². The van der Waals surface area contributed by atoms with Crippen molar-refractivity contribution < 1.29 is 14.0 Å². The van der Waals surface area contributed by atoms with Crippen LogP contribution in [0.1, 0.15) is 25.8 Å². The summed E-state index contributed by atoms with van der Waals surface area (Å²) in [6, 6.07) is 11.7. The summed E-state index contributed by atoms with van der Waals surface area (Å²) >= 11 is 0. The molecule has 1 aromatic carbocycles. The van der Waals surface area contributed by atoms with Crippen molar-refractivity contribution in [3.63, 3.8) is 0 Å². The number of fused-ring (bicyclic) bond motifs is 1. The molecule has 5 heteroatoms. The van der Waals surface area contributed by atoms with E-state index in [0.29, 0.717) is 12.1 Å². The maximum Gasteiger partial charge on any atom is 0.334 e. The lowest BCUT2D eigenvalue weighted by molar-refractivity contribution is -0.143. The second-order valence-electron chi connectivity index (χ2n) is 4.87. The van der Waals surface area contributed by atoms with Gasteiger partial charge in [0.15, 0.2) is 0 Å². The third kappa shape index (κ3) is 2.53. The molecule has 2 aromatic heterocycles. The first kappa shape index (κ1) is 14.1. The molecule has 0 bridgehead atoms. The van der Waals surface area contributed by atoms with Gasteiger partial charge in [0.1, 0.15) is 0 Å².